The van der Waals surface area contributed by atoms with Crippen molar-refractivity contribution in [3.63, 3.8) is 0 Å². The predicted molar refractivity (Wildman–Crippen MR) is 102 cm³/mol. The number of carbonyl (C=O) groups excluding carboxylic acids is 2. The molecule has 25 heavy (non-hydrogen) atoms. The van der Waals surface area contributed by atoms with E-state index < -0.39 is 0 Å². The van der Waals surface area contributed by atoms with Gasteiger partial charge in [0.05, 0.1) is 5.71 Å². The second-order valence-corrected chi connectivity index (χ2v) is 6.35. The van der Waals surface area contributed by atoms with Crippen molar-refractivity contribution in [1.29, 1.82) is 0 Å². The largest absolute Gasteiger partial charge is 0.326 e. The maximum Gasteiger partial charge on any atom is 0.271 e. The van der Waals surface area contributed by atoms with Crippen LogP contribution in [0, 0.1) is 5.92 Å². The van der Waals surface area contributed by atoms with Crippen molar-refractivity contribution in [3.05, 3.63) is 53.6 Å². The molecule has 2 N–H and O–H groups in total. The van der Waals surface area contributed by atoms with Crippen LogP contribution < -0.4 is 10.7 Å². The first-order valence-electron chi connectivity index (χ1n) is 8.50. The molecule has 5 nitrogen and oxygen atoms in total. The fourth-order valence-electron chi connectivity index (χ4n) is 2.56. The van der Waals surface area contributed by atoms with E-state index in [0.29, 0.717) is 23.6 Å². The first kappa shape index (κ1) is 18.6. The Kier molecular flexibility index (Phi) is 6.28. The van der Waals surface area contributed by atoms with Gasteiger partial charge in [-0.05, 0) is 62.4 Å². The fourth-order valence-corrected chi connectivity index (χ4v) is 2.56. The molecule has 0 saturated carbocycles. The zero-order valence-electron chi connectivity index (χ0n) is 15.1. The summed E-state index contributed by atoms with van der Waals surface area (Å²) in [5, 5.41) is 7.04. The summed E-state index contributed by atoms with van der Waals surface area (Å²) in [6.07, 6.45) is 4.32. The number of allylic oxidation sites excluding steroid dienone is 3. The second-order valence-electron chi connectivity index (χ2n) is 6.35. The normalized spacial score (nSPS) is 18.4. The van der Waals surface area contributed by atoms with Crippen molar-refractivity contribution in [2.45, 2.75) is 40.0 Å². The number of hydrogen-bond acceptors (Lipinski definition) is 3. The topological polar surface area (TPSA) is 70.6 Å². The summed E-state index contributed by atoms with van der Waals surface area (Å²) >= 11 is 0. The van der Waals surface area contributed by atoms with E-state index in [4.69, 9.17) is 0 Å². The number of hydrazone groups is 1. The van der Waals surface area contributed by atoms with Crippen molar-refractivity contribution >= 4 is 23.2 Å². The number of benzene rings is 1. The minimum Gasteiger partial charge on any atom is -0.326 e. The van der Waals surface area contributed by atoms with Crippen molar-refractivity contribution < 1.29 is 9.59 Å². The number of anilines is 1. The molecular weight excluding hydrogens is 314 g/mol. The van der Waals surface area contributed by atoms with Gasteiger partial charge in [0, 0.05) is 17.7 Å². The summed E-state index contributed by atoms with van der Waals surface area (Å²) in [5.74, 6) is 0.0437. The van der Waals surface area contributed by atoms with Gasteiger partial charge in [-0.25, -0.2) is 5.43 Å². The van der Waals surface area contributed by atoms with Gasteiger partial charge in [-0.15, -0.1) is 0 Å². The van der Waals surface area contributed by atoms with E-state index in [0.717, 1.165) is 29.7 Å². The lowest BCUT2D eigenvalue weighted by Crippen LogP contribution is -2.23. The highest BCUT2D eigenvalue weighted by atomic mass is 16.2. The lowest BCUT2D eigenvalue weighted by atomic mass is 9.85. The summed E-state index contributed by atoms with van der Waals surface area (Å²) in [6, 6.07) is 6.75. The molecule has 1 aliphatic rings. The van der Waals surface area contributed by atoms with Crippen LogP contribution >= 0.6 is 0 Å². The molecule has 2 amide bonds. The molecule has 1 aliphatic carbocycles. The Hall–Kier alpha value is -2.69. The molecule has 5 heteroatoms. The molecule has 0 saturated heterocycles. The van der Waals surface area contributed by atoms with E-state index >= 15 is 0 Å². The lowest BCUT2D eigenvalue weighted by molar-refractivity contribution is -0.115. The van der Waals surface area contributed by atoms with Crippen molar-refractivity contribution in [2.75, 3.05) is 5.32 Å². The van der Waals surface area contributed by atoms with Gasteiger partial charge in [-0.2, -0.15) is 5.10 Å². The Morgan fingerprint density at radius 2 is 1.96 bits per heavy atom. The van der Waals surface area contributed by atoms with Crippen LogP contribution in [0.1, 0.15) is 50.4 Å². The smallest absolute Gasteiger partial charge is 0.271 e. The number of rotatable bonds is 5. The second kappa shape index (κ2) is 8.42. The van der Waals surface area contributed by atoms with Crippen molar-refractivity contribution in [3.8, 4) is 0 Å². The molecule has 0 bridgehead atoms. The Morgan fingerprint density at radius 1 is 1.28 bits per heavy atom. The van der Waals surface area contributed by atoms with Crippen LogP contribution in [-0.4, -0.2) is 17.5 Å². The standard InChI is InChI=1S/C20H25N3O2/c1-5-19(24)21-17-10-8-15(9-11-17)20(25)23-22-18-12-16(13(2)3)7-6-14(18)4/h6,8-11,16H,2,5,7,12H2,1,3-4H3,(H,21,24)(H,23,25)/b22-18-/t16-/m1/s1. The molecule has 132 valence electrons. The van der Waals surface area contributed by atoms with E-state index in [9.17, 15) is 9.59 Å². The Bertz CT molecular complexity index is 730. The summed E-state index contributed by atoms with van der Waals surface area (Å²) in [4.78, 5) is 23.6. The molecule has 0 aliphatic heterocycles. The molecule has 1 aromatic carbocycles. The fraction of sp³-hybridized carbons (Fsp3) is 0.350. The van der Waals surface area contributed by atoms with E-state index in [2.05, 4.69) is 28.5 Å². The predicted octanol–water partition coefficient (Wildman–Crippen LogP) is 4.05. The Morgan fingerprint density at radius 3 is 2.56 bits per heavy atom. The average molecular weight is 339 g/mol. The molecule has 1 atom stereocenters. The molecule has 0 spiro atoms. The molecular formula is C20H25N3O2. The van der Waals surface area contributed by atoms with Gasteiger partial charge < -0.3 is 5.32 Å². The van der Waals surface area contributed by atoms with Gasteiger partial charge in [-0.1, -0.05) is 25.2 Å². The van der Waals surface area contributed by atoms with Crippen LogP contribution in [0.25, 0.3) is 0 Å². The number of amides is 2. The van der Waals surface area contributed by atoms with E-state index in [1.807, 2.05) is 13.8 Å². The van der Waals surface area contributed by atoms with E-state index in [1.54, 1.807) is 31.2 Å². The van der Waals surface area contributed by atoms with Crippen LogP contribution in [0.2, 0.25) is 0 Å². The van der Waals surface area contributed by atoms with E-state index in [-0.39, 0.29) is 11.8 Å². The molecule has 1 aromatic rings. The zero-order chi connectivity index (χ0) is 18.4. The molecule has 0 radical (unpaired) electrons. The number of hydrogen-bond donors (Lipinski definition) is 2. The first-order valence-corrected chi connectivity index (χ1v) is 8.50. The lowest BCUT2D eigenvalue weighted by Gasteiger charge is -2.22. The highest BCUT2D eigenvalue weighted by Crippen LogP contribution is 2.26. The van der Waals surface area contributed by atoms with Gasteiger partial charge in [0.2, 0.25) is 5.91 Å². The van der Waals surface area contributed by atoms with Crippen LogP contribution in [-0.2, 0) is 4.79 Å². The zero-order valence-corrected chi connectivity index (χ0v) is 15.1. The van der Waals surface area contributed by atoms with Crippen LogP contribution in [0.15, 0.2) is 53.2 Å². The maximum atomic E-state index is 12.3. The minimum absolute atomic E-state index is 0.0600. The molecule has 0 aromatic heterocycles. The number of carbonyl (C=O) groups is 2. The van der Waals surface area contributed by atoms with E-state index in [1.165, 1.54) is 0 Å². The third-order valence-electron chi connectivity index (χ3n) is 4.34. The van der Waals surface area contributed by atoms with Crippen molar-refractivity contribution in [1.82, 2.24) is 5.43 Å². The maximum absolute atomic E-state index is 12.3. The van der Waals surface area contributed by atoms with Gasteiger partial charge in [0.25, 0.3) is 5.91 Å². The van der Waals surface area contributed by atoms with Crippen LogP contribution in [0.4, 0.5) is 5.69 Å². The third-order valence-corrected chi connectivity index (χ3v) is 4.34. The summed E-state index contributed by atoms with van der Waals surface area (Å²) in [5.41, 5.74) is 6.90. The molecule has 0 fully saturated rings. The SMILES string of the molecule is C=C(C)[C@@H]1CC=C(C)/C(=N\NC(=O)c2ccc(NC(=O)CC)cc2)C1. The summed E-state index contributed by atoms with van der Waals surface area (Å²) in [6.45, 7) is 9.83. The Balaban J connectivity index is 2.01. The molecule has 2 rings (SSSR count). The highest BCUT2D eigenvalue weighted by Gasteiger charge is 2.19. The highest BCUT2D eigenvalue weighted by molar-refractivity contribution is 6.02. The van der Waals surface area contributed by atoms with Gasteiger partial charge >= 0.3 is 0 Å². The summed E-state index contributed by atoms with van der Waals surface area (Å²) in [7, 11) is 0. The number of nitrogens with one attached hydrogen (secondary N) is 2. The van der Waals surface area contributed by atoms with Crippen LogP contribution in [0.3, 0.4) is 0 Å². The molecule has 0 unspecified atom stereocenters. The van der Waals surface area contributed by atoms with Gasteiger partial charge in [0.15, 0.2) is 0 Å². The van der Waals surface area contributed by atoms with Gasteiger partial charge in [-0.3, -0.25) is 9.59 Å². The third kappa shape index (κ3) is 5.14. The minimum atomic E-state index is -0.272. The van der Waals surface area contributed by atoms with Crippen LogP contribution in [0.5, 0.6) is 0 Å². The van der Waals surface area contributed by atoms with Crippen molar-refractivity contribution in [2.24, 2.45) is 11.0 Å². The Labute approximate surface area is 148 Å². The quantitative estimate of drug-likeness (QED) is 0.627. The van der Waals surface area contributed by atoms with Gasteiger partial charge in [0.1, 0.15) is 0 Å². The molecule has 0 heterocycles. The monoisotopic (exact) mass is 339 g/mol. The first-order chi connectivity index (χ1) is 11.9. The summed E-state index contributed by atoms with van der Waals surface area (Å²) < 4.78 is 0. The average Bonchev–Trinajstić information content (AvgIpc) is 2.61. The number of nitrogens with zero attached hydrogens (tertiary/aromatic N) is 1.